The zero-order chi connectivity index (χ0) is 19.8. The molecule has 0 spiro atoms. The first-order valence-corrected chi connectivity index (χ1v) is 11.8. The van der Waals surface area contributed by atoms with Crippen LogP contribution in [0.3, 0.4) is 0 Å². The van der Waals surface area contributed by atoms with Crippen LogP contribution < -0.4 is 10.6 Å². The van der Waals surface area contributed by atoms with Crippen molar-refractivity contribution < 1.29 is 9.18 Å². The van der Waals surface area contributed by atoms with Crippen molar-refractivity contribution in [1.29, 1.82) is 0 Å². The lowest BCUT2D eigenvalue weighted by molar-refractivity contribution is -0.124. The molecule has 1 amide bonds. The summed E-state index contributed by atoms with van der Waals surface area (Å²) in [6.45, 7) is 2.20. The number of rotatable bonds is 4. The Balaban J connectivity index is 1.29. The number of hydrogen-bond acceptors (Lipinski definition) is 3. The van der Waals surface area contributed by atoms with Crippen molar-refractivity contribution in [2.45, 2.75) is 101 Å². The first-order chi connectivity index (χ1) is 13.4. The largest absolute Gasteiger partial charge is 0.352 e. The van der Waals surface area contributed by atoms with Gasteiger partial charge in [-0.1, -0.05) is 19.8 Å². The standard InChI is InChI=1S/C23H40FN3O/c1-14-7-10-20(24)19-13-21(26-22(14)19)23(28)25-17-6-4-5-15(11-17)16-8-9-18(12-16)27(2)3/h14-22,26H,4-13H2,1-3H3,(H,25,28)/t14?,15?,16-,17?,18-,19?,20?,21?,22?/m0/s1. The Morgan fingerprint density at radius 3 is 2.50 bits per heavy atom. The van der Waals surface area contributed by atoms with Gasteiger partial charge in [0, 0.05) is 24.0 Å². The normalized spacial score (nSPS) is 46.5. The average Bonchev–Trinajstić information content (AvgIpc) is 3.33. The Morgan fingerprint density at radius 1 is 1.00 bits per heavy atom. The van der Waals surface area contributed by atoms with Crippen molar-refractivity contribution in [3.05, 3.63) is 0 Å². The van der Waals surface area contributed by atoms with E-state index in [2.05, 4.69) is 36.6 Å². The van der Waals surface area contributed by atoms with Gasteiger partial charge in [-0.15, -0.1) is 0 Å². The second-order valence-corrected chi connectivity index (χ2v) is 10.5. The van der Waals surface area contributed by atoms with Crippen LogP contribution in [0.1, 0.15) is 71.1 Å². The molecule has 0 radical (unpaired) electrons. The summed E-state index contributed by atoms with van der Waals surface area (Å²) in [7, 11) is 4.40. The highest BCUT2D eigenvalue weighted by Crippen LogP contribution is 2.41. The molecule has 7 unspecified atom stereocenters. The molecular weight excluding hydrogens is 353 g/mol. The van der Waals surface area contributed by atoms with E-state index in [1.54, 1.807) is 0 Å². The number of carbonyl (C=O) groups excluding carboxylic acids is 1. The van der Waals surface area contributed by atoms with Crippen LogP contribution in [0.2, 0.25) is 0 Å². The number of nitrogens with zero attached hydrogens (tertiary/aromatic N) is 1. The van der Waals surface area contributed by atoms with Gasteiger partial charge in [-0.2, -0.15) is 0 Å². The third kappa shape index (κ3) is 4.26. The van der Waals surface area contributed by atoms with E-state index in [9.17, 15) is 9.18 Å². The van der Waals surface area contributed by atoms with Crippen LogP contribution in [-0.4, -0.2) is 55.2 Å². The van der Waals surface area contributed by atoms with Crippen molar-refractivity contribution in [3.63, 3.8) is 0 Å². The smallest absolute Gasteiger partial charge is 0.237 e. The molecule has 28 heavy (non-hydrogen) atoms. The summed E-state index contributed by atoms with van der Waals surface area (Å²) in [6, 6.07) is 1.04. The molecule has 4 rings (SSSR count). The number of alkyl halides is 1. The molecular formula is C23H40FN3O. The van der Waals surface area contributed by atoms with Gasteiger partial charge in [0.25, 0.3) is 0 Å². The highest BCUT2D eigenvalue weighted by molar-refractivity contribution is 5.82. The number of hydrogen-bond donors (Lipinski definition) is 2. The van der Waals surface area contributed by atoms with Gasteiger partial charge >= 0.3 is 0 Å². The Kier molecular flexibility index (Phi) is 6.32. The molecule has 0 aromatic rings. The second kappa shape index (κ2) is 8.59. The Morgan fingerprint density at radius 2 is 1.79 bits per heavy atom. The lowest BCUT2D eigenvalue weighted by Gasteiger charge is -2.34. The fraction of sp³-hybridized carbons (Fsp3) is 0.957. The van der Waals surface area contributed by atoms with E-state index in [1.165, 1.54) is 32.1 Å². The monoisotopic (exact) mass is 393 g/mol. The number of fused-ring (bicyclic) bond motifs is 1. The predicted molar refractivity (Wildman–Crippen MR) is 111 cm³/mol. The van der Waals surface area contributed by atoms with Gasteiger partial charge in [0.15, 0.2) is 0 Å². The second-order valence-electron chi connectivity index (χ2n) is 10.5. The number of nitrogens with one attached hydrogen (secondary N) is 2. The van der Waals surface area contributed by atoms with Crippen LogP contribution in [0.5, 0.6) is 0 Å². The molecule has 160 valence electrons. The highest BCUT2D eigenvalue weighted by Gasteiger charge is 2.46. The fourth-order valence-corrected chi connectivity index (χ4v) is 6.78. The summed E-state index contributed by atoms with van der Waals surface area (Å²) in [5.74, 6) is 2.21. The van der Waals surface area contributed by atoms with Crippen LogP contribution in [0, 0.1) is 23.7 Å². The van der Waals surface area contributed by atoms with E-state index >= 15 is 0 Å². The maximum atomic E-state index is 14.3. The quantitative estimate of drug-likeness (QED) is 0.768. The van der Waals surface area contributed by atoms with Gasteiger partial charge in [0.05, 0.1) is 6.04 Å². The lowest BCUT2D eigenvalue weighted by Crippen LogP contribution is -2.49. The molecule has 9 atom stereocenters. The summed E-state index contributed by atoms with van der Waals surface area (Å²) in [6.07, 6.45) is 10.3. The van der Waals surface area contributed by atoms with Crippen LogP contribution in [-0.2, 0) is 4.79 Å². The molecule has 0 aromatic carbocycles. The summed E-state index contributed by atoms with van der Waals surface area (Å²) < 4.78 is 14.3. The summed E-state index contributed by atoms with van der Waals surface area (Å²) in [5, 5.41) is 6.84. The SMILES string of the molecule is CC1CCC(F)C2CC(C(=O)NC3CCCC([C@H]4CC[C@H](N(C)C)C4)C3)NC12. The highest BCUT2D eigenvalue weighted by atomic mass is 19.1. The van der Waals surface area contributed by atoms with E-state index < -0.39 is 6.17 Å². The Bertz CT molecular complexity index is 538. The molecule has 1 saturated heterocycles. The molecule has 5 heteroatoms. The maximum absolute atomic E-state index is 14.3. The van der Waals surface area contributed by atoms with Crippen molar-refractivity contribution in [2.24, 2.45) is 23.7 Å². The molecule has 0 bridgehead atoms. The summed E-state index contributed by atoms with van der Waals surface area (Å²) in [4.78, 5) is 15.3. The average molecular weight is 394 g/mol. The number of amides is 1. The topological polar surface area (TPSA) is 44.4 Å². The third-order valence-corrected chi connectivity index (χ3v) is 8.56. The minimum absolute atomic E-state index is 0.0278. The van der Waals surface area contributed by atoms with Crippen molar-refractivity contribution in [3.8, 4) is 0 Å². The minimum Gasteiger partial charge on any atom is -0.352 e. The van der Waals surface area contributed by atoms with E-state index in [0.29, 0.717) is 24.8 Å². The van der Waals surface area contributed by atoms with Gasteiger partial charge in [0.2, 0.25) is 5.91 Å². The number of halogens is 1. The molecule has 4 fully saturated rings. The van der Waals surface area contributed by atoms with Crippen molar-refractivity contribution >= 4 is 5.91 Å². The maximum Gasteiger partial charge on any atom is 0.237 e. The van der Waals surface area contributed by atoms with Crippen LogP contribution in [0.25, 0.3) is 0 Å². The van der Waals surface area contributed by atoms with Crippen LogP contribution in [0.15, 0.2) is 0 Å². The lowest BCUT2D eigenvalue weighted by atomic mass is 9.76. The fourth-order valence-electron chi connectivity index (χ4n) is 6.78. The molecule has 4 aliphatic rings. The number of carbonyl (C=O) groups is 1. The first kappa shape index (κ1) is 20.6. The molecule has 4 nitrogen and oxygen atoms in total. The zero-order valence-corrected chi connectivity index (χ0v) is 18.0. The molecule has 1 heterocycles. The molecule has 1 aliphatic heterocycles. The van der Waals surface area contributed by atoms with Gasteiger partial charge < -0.3 is 15.5 Å². The van der Waals surface area contributed by atoms with E-state index in [-0.39, 0.29) is 23.9 Å². The van der Waals surface area contributed by atoms with Gasteiger partial charge in [0.1, 0.15) is 6.17 Å². The van der Waals surface area contributed by atoms with Gasteiger partial charge in [-0.3, -0.25) is 4.79 Å². The Labute approximate surface area is 170 Å². The van der Waals surface area contributed by atoms with E-state index in [4.69, 9.17) is 0 Å². The van der Waals surface area contributed by atoms with Crippen molar-refractivity contribution in [1.82, 2.24) is 15.5 Å². The van der Waals surface area contributed by atoms with E-state index in [0.717, 1.165) is 37.1 Å². The van der Waals surface area contributed by atoms with Crippen LogP contribution in [0.4, 0.5) is 4.39 Å². The predicted octanol–water partition coefficient (Wildman–Crippen LogP) is 3.51. The Hall–Kier alpha value is -0.680. The molecule has 2 N–H and O–H groups in total. The van der Waals surface area contributed by atoms with Gasteiger partial charge in [-0.05, 0) is 83.2 Å². The summed E-state index contributed by atoms with van der Waals surface area (Å²) in [5.41, 5.74) is 0. The summed E-state index contributed by atoms with van der Waals surface area (Å²) >= 11 is 0. The van der Waals surface area contributed by atoms with Gasteiger partial charge in [-0.25, -0.2) is 4.39 Å². The van der Waals surface area contributed by atoms with Crippen molar-refractivity contribution in [2.75, 3.05) is 14.1 Å². The van der Waals surface area contributed by atoms with Crippen LogP contribution >= 0.6 is 0 Å². The van der Waals surface area contributed by atoms with E-state index in [1.807, 2.05) is 0 Å². The molecule has 3 aliphatic carbocycles. The molecule has 0 aromatic heterocycles. The molecule has 3 saturated carbocycles. The first-order valence-electron chi connectivity index (χ1n) is 11.8. The third-order valence-electron chi connectivity index (χ3n) is 8.56. The zero-order valence-electron chi connectivity index (χ0n) is 18.0. The minimum atomic E-state index is -0.738.